The number of urea groups is 1. The number of likely N-dealkylation sites (N-methyl/N-ethyl adjacent to an activating group) is 2. The molecule has 0 spiro atoms. The summed E-state index contributed by atoms with van der Waals surface area (Å²) in [6.45, 7) is 1.47. The van der Waals surface area contributed by atoms with E-state index in [9.17, 15) is 9.59 Å². The SMILES string of the molecule is CN1CC[N+](C)(C2CCC(=O)O2)C1=O. The van der Waals surface area contributed by atoms with Gasteiger partial charge in [0, 0.05) is 13.5 Å². The molecule has 2 aliphatic rings. The summed E-state index contributed by atoms with van der Waals surface area (Å²) in [5, 5.41) is 0. The molecule has 2 aliphatic heterocycles. The average molecular weight is 199 g/mol. The van der Waals surface area contributed by atoms with Crippen molar-refractivity contribution < 1.29 is 18.8 Å². The lowest BCUT2D eigenvalue weighted by atomic mass is 10.3. The number of amides is 2. The second-order valence-electron chi connectivity index (χ2n) is 4.18. The monoisotopic (exact) mass is 199 g/mol. The van der Waals surface area contributed by atoms with E-state index in [4.69, 9.17) is 4.74 Å². The van der Waals surface area contributed by atoms with Crippen LogP contribution in [0.15, 0.2) is 0 Å². The Hall–Kier alpha value is -1.10. The van der Waals surface area contributed by atoms with Gasteiger partial charge in [-0.05, 0) is 0 Å². The molecule has 0 aromatic carbocycles. The van der Waals surface area contributed by atoms with Gasteiger partial charge in [-0.2, -0.15) is 0 Å². The number of ether oxygens (including phenoxy) is 1. The molecule has 2 unspecified atom stereocenters. The maximum absolute atomic E-state index is 11.8. The van der Waals surface area contributed by atoms with Gasteiger partial charge in [0.15, 0.2) is 0 Å². The molecule has 2 fully saturated rings. The first kappa shape index (κ1) is 9.45. The van der Waals surface area contributed by atoms with Crippen LogP contribution in [0.4, 0.5) is 4.79 Å². The van der Waals surface area contributed by atoms with Crippen LogP contribution in [-0.4, -0.2) is 54.8 Å². The minimum absolute atomic E-state index is 0.0460. The van der Waals surface area contributed by atoms with Gasteiger partial charge in [0.2, 0.25) is 6.23 Å². The number of hydrogen-bond donors (Lipinski definition) is 0. The summed E-state index contributed by atoms with van der Waals surface area (Å²) in [5.74, 6) is -0.184. The van der Waals surface area contributed by atoms with Crippen molar-refractivity contribution in [2.75, 3.05) is 27.2 Å². The molecule has 78 valence electrons. The fourth-order valence-electron chi connectivity index (χ4n) is 2.12. The smallest absolute Gasteiger partial charge is 0.412 e. The van der Waals surface area contributed by atoms with Gasteiger partial charge in [-0.3, -0.25) is 9.69 Å². The zero-order valence-electron chi connectivity index (χ0n) is 8.52. The Balaban J connectivity index is 2.16. The molecule has 0 aromatic heterocycles. The lowest BCUT2D eigenvalue weighted by Crippen LogP contribution is -2.54. The van der Waals surface area contributed by atoms with Gasteiger partial charge in [-0.15, -0.1) is 0 Å². The van der Waals surface area contributed by atoms with Crippen LogP contribution in [0.5, 0.6) is 0 Å². The fraction of sp³-hybridized carbons (Fsp3) is 0.778. The van der Waals surface area contributed by atoms with Crippen molar-refractivity contribution in [2.45, 2.75) is 19.1 Å². The predicted molar refractivity (Wildman–Crippen MR) is 48.2 cm³/mol. The van der Waals surface area contributed by atoms with Crippen molar-refractivity contribution in [3.05, 3.63) is 0 Å². The number of cyclic esters (lactones) is 1. The molecule has 14 heavy (non-hydrogen) atoms. The molecule has 5 nitrogen and oxygen atoms in total. The molecule has 0 aliphatic carbocycles. The maximum Gasteiger partial charge on any atom is 0.422 e. The molecular weight excluding hydrogens is 184 g/mol. The molecule has 5 heteroatoms. The van der Waals surface area contributed by atoms with E-state index in [0.29, 0.717) is 12.8 Å². The summed E-state index contributed by atoms with van der Waals surface area (Å²) in [5.41, 5.74) is 0. The number of hydrogen-bond acceptors (Lipinski definition) is 3. The summed E-state index contributed by atoms with van der Waals surface area (Å²) in [4.78, 5) is 24.5. The minimum Gasteiger partial charge on any atom is -0.412 e. The Morgan fingerprint density at radius 2 is 2.21 bits per heavy atom. The Labute approximate surface area is 82.8 Å². The van der Waals surface area contributed by atoms with Crippen LogP contribution in [0.1, 0.15) is 12.8 Å². The first-order valence-electron chi connectivity index (χ1n) is 4.84. The molecule has 0 radical (unpaired) electrons. The van der Waals surface area contributed by atoms with E-state index in [1.165, 1.54) is 0 Å². The first-order valence-corrected chi connectivity index (χ1v) is 4.84. The summed E-state index contributed by atoms with van der Waals surface area (Å²) >= 11 is 0. The zero-order valence-corrected chi connectivity index (χ0v) is 8.52. The quantitative estimate of drug-likeness (QED) is 0.446. The Kier molecular flexibility index (Phi) is 1.99. The standard InChI is InChI=1S/C9H15N2O3/c1-10-5-6-11(2,9(10)13)7-3-4-8(12)14-7/h7H,3-6H2,1-2H3/q+1. The van der Waals surface area contributed by atoms with Crippen molar-refractivity contribution in [1.82, 2.24) is 4.90 Å². The molecule has 2 saturated heterocycles. The highest BCUT2D eigenvalue weighted by Gasteiger charge is 2.51. The van der Waals surface area contributed by atoms with Gasteiger partial charge < -0.3 is 4.74 Å². The highest BCUT2D eigenvalue weighted by atomic mass is 16.6. The summed E-state index contributed by atoms with van der Waals surface area (Å²) in [7, 11) is 3.62. The van der Waals surface area contributed by atoms with Crippen LogP contribution in [-0.2, 0) is 9.53 Å². The average Bonchev–Trinajstić information content (AvgIpc) is 2.68. The van der Waals surface area contributed by atoms with Gasteiger partial charge in [0.1, 0.15) is 6.54 Å². The lowest BCUT2D eigenvalue weighted by molar-refractivity contribution is -0.868. The number of esters is 1. The van der Waals surface area contributed by atoms with Crippen LogP contribution in [0.2, 0.25) is 0 Å². The molecule has 2 heterocycles. The van der Waals surface area contributed by atoms with Crippen molar-refractivity contribution in [3.8, 4) is 0 Å². The van der Waals surface area contributed by atoms with E-state index in [-0.39, 0.29) is 22.7 Å². The van der Waals surface area contributed by atoms with E-state index in [1.807, 2.05) is 7.05 Å². The van der Waals surface area contributed by atoms with Crippen LogP contribution in [0, 0.1) is 0 Å². The van der Waals surface area contributed by atoms with Gasteiger partial charge in [-0.1, -0.05) is 0 Å². The van der Waals surface area contributed by atoms with Gasteiger partial charge >= 0.3 is 12.0 Å². The third-order valence-corrected chi connectivity index (χ3v) is 3.16. The Morgan fingerprint density at radius 1 is 1.50 bits per heavy atom. The molecule has 0 N–H and O–H groups in total. The number of nitrogens with zero attached hydrogens (tertiary/aromatic N) is 2. The lowest BCUT2D eigenvalue weighted by Gasteiger charge is -2.29. The second-order valence-corrected chi connectivity index (χ2v) is 4.18. The van der Waals surface area contributed by atoms with Crippen molar-refractivity contribution in [3.63, 3.8) is 0 Å². The summed E-state index contributed by atoms with van der Waals surface area (Å²) in [6, 6.07) is 0.0460. The molecule has 0 saturated carbocycles. The number of carbonyl (C=O) groups excluding carboxylic acids is 2. The van der Waals surface area contributed by atoms with Crippen molar-refractivity contribution >= 4 is 12.0 Å². The van der Waals surface area contributed by atoms with Crippen LogP contribution < -0.4 is 0 Å². The highest BCUT2D eigenvalue weighted by Crippen LogP contribution is 2.28. The van der Waals surface area contributed by atoms with E-state index in [1.54, 1.807) is 11.9 Å². The van der Waals surface area contributed by atoms with E-state index in [0.717, 1.165) is 13.1 Å². The molecule has 0 bridgehead atoms. The van der Waals surface area contributed by atoms with Gasteiger partial charge in [0.25, 0.3) is 0 Å². The third kappa shape index (κ3) is 1.19. The highest BCUT2D eigenvalue weighted by molar-refractivity contribution is 5.72. The topological polar surface area (TPSA) is 46.6 Å². The molecule has 2 rings (SSSR count). The number of quaternary nitrogens is 1. The van der Waals surface area contributed by atoms with Gasteiger partial charge in [-0.25, -0.2) is 9.28 Å². The summed E-state index contributed by atoms with van der Waals surface area (Å²) < 4.78 is 5.38. The summed E-state index contributed by atoms with van der Waals surface area (Å²) in [6.07, 6.45) is 0.838. The largest absolute Gasteiger partial charge is 0.422 e. The maximum atomic E-state index is 11.8. The van der Waals surface area contributed by atoms with Gasteiger partial charge in [0.05, 0.1) is 20.0 Å². The Morgan fingerprint density at radius 3 is 2.64 bits per heavy atom. The molecule has 2 atom stereocenters. The Bertz CT molecular complexity index is 292. The normalized spacial score (nSPS) is 37.9. The molecular formula is C9H15N2O3+. The number of carbonyl (C=O) groups is 2. The minimum atomic E-state index is -0.264. The number of rotatable bonds is 1. The predicted octanol–water partition coefficient (Wildman–Crippen LogP) is 0.161. The van der Waals surface area contributed by atoms with Crippen LogP contribution in [0.3, 0.4) is 0 Å². The van der Waals surface area contributed by atoms with Crippen molar-refractivity contribution in [1.29, 1.82) is 0 Å². The zero-order chi connectivity index (χ0) is 10.3. The molecule has 2 amide bonds. The second kappa shape index (κ2) is 2.95. The van der Waals surface area contributed by atoms with Crippen LogP contribution >= 0.6 is 0 Å². The van der Waals surface area contributed by atoms with Crippen LogP contribution in [0.25, 0.3) is 0 Å². The molecule has 0 aromatic rings. The van der Waals surface area contributed by atoms with E-state index >= 15 is 0 Å². The van der Waals surface area contributed by atoms with E-state index < -0.39 is 0 Å². The third-order valence-electron chi connectivity index (χ3n) is 3.16. The fourth-order valence-corrected chi connectivity index (χ4v) is 2.12. The van der Waals surface area contributed by atoms with Crippen molar-refractivity contribution in [2.24, 2.45) is 0 Å². The first-order chi connectivity index (χ1) is 6.54. The van der Waals surface area contributed by atoms with E-state index in [2.05, 4.69) is 0 Å².